The molecule has 1 aliphatic heterocycles. The van der Waals surface area contributed by atoms with Crippen LogP contribution in [0.5, 0.6) is 0 Å². The largest absolute Gasteiger partial charge is 0.386 e. The lowest BCUT2D eigenvalue weighted by molar-refractivity contribution is 0.0253. The summed E-state index contributed by atoms with van der Waals surface area (Å²) in [6, 6.07) is 3.79. The van der Waals surface area contributed by atoms with E-state index in [4.69, 9.17) is 0 Å². The van der Waals surface area contributed by atoms with Crippen molar-refractivity contribution in [3.8, 4) is 0 Å². The molecule has 2 N–H and O–H groups in total. The average Bonchev–Trinajstić information content (AvgIpc) is 3.23. The number of fused-ring (bicyclic) bond motifs is 1. The highest BCUT2D eigenvalue weighted by atomic mass is 32.1. The van der Waals surface area contributed by atoms with E-state index in [0.717, 1.165) is 30.7 Å². The summed E-state index contributed by atoms with van der Waals surface area (Å²) in [4.78, 5) is 25.0. The van der Waals surface area contributed by atoms with Crippen LogP contribution in [-0.2, 0) is 12.8 Å². The third kappa shape index (κ3) is 3.52. The molecule has 0 saturated carbocycles. The van der Waals surface area contributed by atoms with Crippen molar-refractivity contribution >= 4 is 23.2 Å². The predicted molar refractivity (Wildman–Crippen MR) is 97.1 cm³/mol. The molecule has 0 bridgehead atoms. The molecule has 3 heterocycles. The number of carbonyl (C=O) groups is 1. The summed E-state index contributed by atoms with van der Waals surface area (Å²) in [7, 11) is 0. The summed E-state index contributed by atoms with van der Waals surface area (Å²) < 4.78 is 0. The first kappa shape index (κ1) is 16.5. The van der Waals surface area contributed by atoms with Gasteiger partial charge < -0.3 is 15.3 Å². The standard InChI is InChI=1S/C18H22N4O2S/c23-16(15-10-13-4-1-5-14(13)25-15)21-11-18(24)6-2-9-22(12-18)17-19-7-3-8-20-17/h3,7-8,10,24H,1-2,4-6,9,11-12H2,(H,21,23)/t18-/m1/s1. The fraction of sp³-hybridized carbons (Fsp3) is 0.500. The van der Waals surface area contributed by atoms with Gasteiger partial charge in [0.2, 0.25) is 5.95 Å². The summed E-state index contributed by atoms with van der Waals surface area (Å²) in [5, 5.41) is 13.8. The number of aryl methyl sites for hydroxylation is 2. The van der Waals surface area contributed by atoms with Crippen LogP contribution < -0.4 is 10.2 Å². The van der Waals surface area contributed by atoms with Crippen LogP contribution in [0.3, 0.4) is 0 Å². The first-order valence-electron chi connectivity index (χ1n) is 8.77. The zero-order valence-electron chi connectivity index (χ0n) is 14.1. The lowest BCUT2D eigenvalue weighted by atomic mass is 9.93. The second-order valence-corrected chi connectivity index (χ2v) is 8.03. The number of anilines is 1. The van der Waals surface area contributed by atoms with Crippen molar-refractivity contribution < 1.29 is 9.90 Å². The smallest absolute Gasteiger partial charge is 0.261 e. The number of nitrogens with zero attached hydrogens (tertiary/aromatic N) is 3. The molecule has 4 rings (SSSR count). The summed E-state index contributed by atoms with van der Waals surface area (Å²) in [6.07, 6.45) is 8.27. The van der Waals surface area contributed by atoms with Crippen LogP contribution in [0, 0.1) is 0 Å². The number of β-amino-alcohol motifs (C(OH)–C–C–N with tert-alkyl or cyclic N) is 1. The summed E-state index contributed by atoms with van der Waals surface area (Å²) >= 11 is 1.59. The van der Waals surface area contributed by atoms with E-state index in [1.165, 1.54) is 16.9 Å². The highest BCUT2D eigenvalue weighted by Gasteiger charge is 2.35. The Morgan fingerprint density at radius 2 is 2.16 bits per heavy atom. The van der Waals surface area contributed by atoms with Gasteiger partial charge in [0.1, 0.15) is 0 Å². The number of hydrogen-bond acceptors (Lipinski definition) is 6. The Morgan fingerprint density at radius 1 is 1.32 bits per heavy atom. The number of piperidine rings is 1. The second-order valence-electron chi connectivity index (χ2n) is 6.89. The molecule has 2 aromatic rings. The minimum atomic E-state index is -0.951. The quantitative estimate of drug-likeness (QED) is 0.871. The Labute approximate surface area is 150 Å². The van der Waals surface area contributed by atoms with Gasteiger partial charge in [-0.2, -0.15) is 0 Å². The van der Waals surface area contributed by atoms with Crippen molar-refractivity contribution in [3.05, 3.63) is 39.8 Å². The molecule has 0 unspecified atom stereocenters. The molecule has 6 nitrogen and oxygen atoms in total. The molecule has 1 amide bonds. The van der Waals surface area contributed by atoms with E-state index in [2.05, 4.69) is 15.3 Å². The van der Waals surface area contributed by atoms with Crippen LogP contribution in [0.1, 0.15) is 39.4 Å². The predicted octanol–water partition coefficient (Wildman–Crippen LogP) is 1.79. The number of rotatable bonds is 4. The van der Waals surface area contributed by atoms with Gasteiger partial charge in [-0.25, -0.2) is 9.97 Å². The number of hydrogen-bond donors (Lipinski definition) is 2. The molecule has 132 valence electrons. The van der Waals surface area contributed by atoms with Crippen molar-refractivity contribution in [1.82, 2.24) is 15.3 Å². The molecule has 1 saturated heterocycles. The molecular formula is C18H22N4O2S. The Balaban J connectivity index is 1.38. The molecule has 0 spiro atoms. The van der Waals surface area contributed by atoms with Gasteiger partial charge in [0.25, 0.3) is 5.91 Å². The van der Waals surface area contributed by atoms with E-state index in [1.54, 1.807) is 29.8 Å². The number of amides is 1. The SMILES string of the molecule is O=C(NC[C@]1(O)CCCN(c2ncccn2)C1)c1cc2c(s1)CCC2. The third-order valence-electron chi connectivity index (χ3n) is 4.94. The fourth-order valence-electron chi connectivity index (χ4n) is 3.65. The topological polar surface area (TPSA) is 78.4 Å². The lowest BCUT2D eigenvalue weighted by Gasteiger charge is -2.39. The van der Waals surface area contributed by atoms with Crippen LogP contribution in [0.15, 0.2) is 24.5 Å². The second kappa shape index (κ2) is 6.72. The average molecular weight is 358 g/mol. The van der Waals surface area contributed by atoms with Crippen LogP contribution in [0.4, 0.5) is 5.95 Å². The van der Waals surface area contributed by atoms with Crippen molar-refractivity contribution in [2.75, 3.05) is 24.5 Å². The number of nitrogens with one attached hydrogen (secondary N) is 1. The maximum atomic E-state index is 12.4. The van der Waals surface area contributed by atoms with E-state index in [0.29, 0.717) is 18.9 Å². The molecule has 2 aliphatic rings. The van der Waals surface area contributed by atoms with Crippen molar-refractivity contribution in [2.24, 2.45) is 0 Å². The maximum absolute atomic E-state index is 12.4. The molecule has 25 heavy (non-hydrogen) atoms. The normalized spacial score (nSPS) is 22.7. The van der Waals surface area contributed by atoms with Crippen LogP contribution in [-0.4, -0.2) is 46.2 Å². The van der Waals surface area contributed by atoms with Gasteiger partial charge in [-0.3, -0.25) is 4.79 Å². The van der Waals surface area contributed by atoms with Crippen LogP contribution in [0.2, 0.25) is 0 Å². The first-order chi connectivity index (χ1) is 12.1. The third-order valence-corrected chi connectivity index (χ3v) is 6.17. The molecule has 1 fully saturated rings. The lowest BCUT2D eigenvalue weighted by Crippen LogP contribution is -2.54. The van der Waals surface area contributed by atoms with Crippen LogP contribution >= 0.6 is 11.3 Å². The molecule has 1 atom stereocenters. The fourth-order valence-corrected chi connectivity index (χ4v) is 4.82. The molecule has 0 radical (unpaired) electrons. The summed E-state index contributed by atoms with van der Waals surface area (Å²) in [5.74, 6) is 0.544. The first-order valence-corrected chi connectivity index (χ1v) is 9.59. The van der Waals surface area contributed by atoms with Crippen molar-refractivity contribution in [2.45, 2.75) is 37.7 Å². The van der Waals surface area contributed by atoms with Crippen molar-refractivity contribution in [1.29, 1.82) is 0 Å². The number of thiophene rings is 1. The van der Waals surface area contributed by atoms with Gasteiger partial charge in [0.05, 0.1) is 17.0 Å². The Morgan fingerprint density at radius 3 is 2.96 bits per heavy atom. The highest BCUT2D eigenvalue weighted by Crippen LogP contribution is 2.30. The van der Waals surface area contributed by atoms with Gasteiger partial charge in [0, 0.05) is 30.4 Å². The Hall–Kier alpha value is -1.99. The summed E-state index contributed by atoms with van der Waals surface area (Å²) in [6.45, 7) is 1.49. The van der Waals surface area contributed by atoms with Gasteiger partial charge in [-0.15, -0.1) is 11.3 Å². The molecule has 2 aromatic heterocycles. The van der Waals surface area contributed by atoms with Crippen LogP contribution in [0.25, 0.3) is 0 Å². The van der Waals surface area contributed by atoms with E-state index in [-0.39, 0.29) is 12.5 Å². The van der Waals surface area contributed by atoms with Gasteiger partial charge in [0.15, 0.2) is 0 Å². The minimum Gasteiger partial charge on any atom is -0.386 e. The van der Waals surface area contributed by atoms with E-state index < -0.39 is 5.60 Å². The van der Waals surface area contributed by atoms with Crippen molar-refractivity contribution in [3.63, 3.8) is 0 Å². The van der Waals surface area contributed by atoms with E-state index in [1.807, 2.05) is 11.0 Å². The number of aromatic nitrogens is 2. The molecule has 1 aliphatic carbocycles. The highest BCUT2D eigenvalue weighted by molar-refractivity contribution is 7.14. The maximum Gasteiger partial charge on any atom is 0.261 e. The van der Waals surface area contributed by atoms with E-state index >= 15 is 0 Å². The Kier molecular flexibility index (Phi) is 4.43. The minimum absolute atomic E-state index is 0.0825. The monoisotopic (exact) mass is 358 g/mol. The Bertz CT molecular complexity index is 742. The zero-order valence-corrected chi connectivity index (χ0v) is 14.9. The summed E-state index contributed by atoms with van der Waals surface area (Å²) in [5.41, 5.74) is 0.367. The molecular weight excluding hydrogens is 336 g/mol. The van der Waals surface area contributed by atoms with Gasteiger partial charge in [-0.1, -0.05) is 0 Å². The number of aliphatic hydroxyl groups is 1. The molecule has 7 heteroatoms. The molecule has 0 aromatic carbocycles. The van der Waals surface area contributed by atoms with Gasteiger partial charge >= 0.3 is 0 Å². The van der Waals surface area contributed by atoms with Gasteiger partial charge in [-0.05, 0) is 49.8 Å². The van der Waals surface area contributed by atoms with E-state index in [9.17, 15) is 9.90 Å². The zero-order chi connectivity index (χ0) is 17.3. The number of carbonyl (C=O) groups excluding carboxylic acids is 1.